The van der Waals surface area contributed by atoms with Gasteiger partial charge in [0.2, 0.25) is 0 Å². The smallest absolute Gasteiger partial charge is 0.0637 e. The predicted molar refractivity (Wildman–Crippen MR) is 277 cm³/mol. The number of rotatable bonds is 0. The molecule has 1 aliphatic carbocycles. The van der Waals surface area contributed by atoms with Crippen molar-refractivity contribution in [1.29, 1.82) is 0 Å². The van der Waals surface area contributed by atoms with Gasteiger partial charge in [-0.15, -0.1) is 0 Å². The van der Waals surface area contributed by atoms with Gasteiger partial charge in [-0.05, 0) is 70.1 Å². The van der Waals surface area contributed by atoms with Crippen molar-refractivity contribution in [3.05, 3.63) is 214 Å². The van der Waals surface area contributed by atoms with Gasteiger partial charge in [0, 0.05) is 66.8 Å². The summed E-state index contributed by atoms with van der Waals surface area (Å²) in [4.78, 5) is 0. The lowest BCUT2D eigenvalue weighted by Crippen LogP contribution is -2.11. The van der Waals surface area contributed by atoms with Gasteiger partial charge in [-0.25, -0.2) is 0 Å². The second-order valence-electron chi connectivity index (χ2n) is 13.1. The van der Waals surface area contributed by atoms with Gasteiger partial charge in [0.15, 0.2) is 0 Å². The van der Waals surface area contributed by atoms with Gasteiger partial charge in [-0.3, -0.25) is 0 Å². The van der Waals surface area contributed by atoms with E-state index in [1.54, 1.807) is 0 Å². The molecular formula is C54H30Br6. The minimum absolute atomic E-state index is 0.271. The fourth-order valence-corrected chi connectivity index (χ4v) is 6.96. The van der Waals surface area contributed by atoms with Gasteiger partial charge < -0.3 is 0 Å². The van der Waals surface area contributed by atoms with Crippen LogP contribution in [0.2, 0.25) is 0 Å². The summed E-state index contributed by atoms with van der Waals surface area (Å²) in [6.45, 7) is 0. The highest BCUT2D eigenvalue weighted by Crippen LogP contribution is 2.58. The summed E-state index contributed by atoms with van der Waals surface area (Å²) in [6, 6.07) is 57.7. The lowest BCUT2D eigenvalue weighted by molar-refractivity contribution is 1.49. The van der Waals surface area contributed by atoms with Gasteiger partial charge in [0.1, 0.15) is 5.29 Å². The van der Waals surface area contributed by atoms with E-state index in [0.717, 1.165) is 88.3 Å². The molecule has 0 saturated heterocycles. The summed E-state index contributed by atoms with van der Waals surface area (Å²) >= 11 is 18.6. The summed E-state index contributed by atoms with van der Waals surface area (Å²) in [7, 11) is 0. The number of benzene rings is 8. The molecule has 1 aliphatic rings. The first kappa shape index (κ1) is 43.5. The molecule has 0 fully saturated rings. The molecule has 8 aromatic rings. The monoisotopic (exact) mass is 1150 g/mol. The first-order chi connectivity index (χ1) is 29.3. The normalized spacial score (nSPS) is 10.3. The highest BCUT2D eigenvalue weighted by Gasteiger charge is 2.36. The summed E-state index contributed by atoms with van der Waals surface area (Å²) in [5.74, 6) is 28.6. The lowest BCUT2D eigenvalue weighted by atomic mass is 9.68. The average Bonchev–Trinajstić information content (AvgIpc) is 3.26. The van der Waals surface area contributed by atoms with Crippen LogP contribution in [0.5, 0.6) is 0 Å². The third kappa shape index (κ3) is 10.6. The number of alkyl halides is 6. The second kappa shape index (κ2) is 21.3. The Morgan fingerprint density at radius 3 is 0.583 bits per heavy atom. The SMILES string of the molecule is BrC(Br)Br.BrC(Br)Br.C(#Cc1c2c(c(C#Cc3ccccc3)c3ccccc13)-c1c-2c(C#Cc2ccccc2)c2ccccc2c1C#Cc1ccccc1)c1ccccc1. The predicted octanol–water partition coefficient (Wildman–Crippen LogP) is 16.1. The Kier molecular flexibility index (Phi) is 15.4. The van der Waals surface area contributed by atoms with Crippen LogP contribution in [0.25, 0.3) is 43.8 Å². The lowest BCUT2D eigenvalue weighted by Gasteiger charge is -2.32. The molecule has 288 valence electrons. The molecule has 0 amide bonds. The van der Waals surface area contributed by atoms with Crippen LogP contribution in [0, 0.1) is 47.4 Å². The highest BCUT2D eigenvalue weighted by atomic mass is 80.0. The fraction of sp³-hybridized carbons (Fsp3) is 0.0370. The maximum Gasteiger partial charge on any atom is 0.124 e. The van der Waals surface area contributed by atoms with Crippen molar-refractivity contribution in [2.45, 2.75) is 5.29 Å². The van der Waals surface area contributed by atoms with Crippen LogP contribution in [0.1, 0.15) is 44.5 Å². The second-order valence-corrected chi connectivity index (χ2v) is 25.9. The molecular weight excluding hydrogens is 1130 g/mol. The van der Waals surface area contributed by atoms with Crippen molar-refractivity contribution < 1.29 is 0 Å². The summed E-state index contributed by atoms with van der Waals surface area (Å²) in [5, 5.41) is 4.28. The van der Waals surface area contributed by atoms with Crippen LogP contribution in [0.15, 0.2) is 170 Å². The number of hydrogen-bond donors (Lipinski definition) is 0. The Balaban J connectivity index is 0.000000628. The Hall–Kier alpha value is -4.60. The van der Waals surface area contributed by atoms with E-state index in [0.29, 0.717) is 0 Å². The first-order valence-electron chi connectivity index (χ1n) is 18.6. The van der Waals surface area contributed by atoms with E-state index < -0.39 is 0 Å². The van der Waals surface area contributed by atoms with E-state index in [1.165, 1.54) is 0 Å². The molecule has 60 heavy (non-hydrogen) atoms. The molecule has 0 atom stereocenters. The molecule has 9 rings (SSSR count). The largest absolute Gasteiger partial charge is 0.124 e. The third-order valence-electron chi connectivity index (χ3n) is 9.35. The van der Waals surface area contributed by atoms with Gasteiger partial charge in [-0.2, -0.15) is 0 Å². The Morgan fingerprint density at radius 2 is 0.400 bits per heavy atom. The molecule has 0 nitrogen and oxygen atoms in total. The van der Waals surface area contributed by atoms with Crippen molar-refractivity contribution in [3.8, 4) is 69.6 Å². The van der Waals surface area contributed by atoms with E-state index in [1.807, 2.05) is 72.8 Å². The van der Waals surface area contributed by atoms with Crippen molar-refractivity contribution in [2.75, 3.05) is 0 Å². The van der Waals surface area contributed by atoms with Crippen molar-refractivity contribution in [2.24, 2.45) is 0 Å². The highest BCUT2D eigenvalue weighted by molar-refractivity contribution is 9.38. The topological polar surface area (TPSA) is 0 Å². The molecule has 0 unspecified atom stereocenters. The molecule has 0 saturated carbocycles. The Bertz CT molecular complexity index is 2620. The van der Waals surface area contributed by atoms with E-state index in [4.69, 9.17) is 0 Å². The van der Waals surface area contributed by atoms with E-state index in [-0.39, 0.29) is 5.29 Å². The summed E-state index contributed by atoms with van der Waals surface area (Å²) in [6.07, 6.45) is 0. The van der Waals surface area contributed by atoms with Gasteiger partial charge in [0.05, 0.1) is 0 Å². The molecule has 0 spiro atoms. The van der Waals surface area contributed by atoms with Crippen molar-refractivity contribution in [3.63, 3.8) is 0 Å². The molecule has 0 N–H and O–H groups in total. The maximum atomic E-state index is 3.65. The maximum absolute atomic E-state index is 3.65. The summed E-state index contributed by atoms with van der Waals surface area (Å²) < 4.78 is 0.542. The van der Waals surface area contributed by atoms with E-state index in [9.17, 15) is 0 Å². The number of halogens is 6. The number of hydrogen-bond acceptors (Lipinski definition) is 0. The summed E-state index contributed by atoms with van der Waals surface area (Å²) in [5.41, 5.74) is 12.1. The standard InChI is InChI=1S/C52H28.2CHBr3/c1-5-17-37(18-6-1)29-33-45-41-25-13-14-26-42(41)46(34-30-38-19-7-2-8-20-38)50-49(45)51-47(35-31-39-21-9-3-10-22-39)43-27-15-16-28-44(43)48(52(50)51)36-32-40-23-11-4-12-24-40;2*2-1(3)4/h1-28H;2*1H. The Labute approximate surface area is 402 Å². The minimum Gasteiger partial charge on any atom is -0.0637 e. The van der Waals surface area contributed by atoms with E-state index >= 15 is 0 Å². The van der Waals surface area contributed by atoms with Gasteiger partial charge >= 0.3 is 0 Å². The van der Waals surface area contributed by atoms with Gasteiger partial charge in [-0.1, -0.05) is 264 Å². The third-order valence-corrected chi connectivity index (χ3v) is 9.35. The van der Waals surface area contributed by atoms with Crippen LogP contribution >= 0.6 is 95.6 Å². The molecule has 0 aliphatic heterocycles. The molecule has 6 heteroatoms. The fourth-order valence-electron chi connectivity index (χ4n) is 6.96. The molecule has 0 radical (unpaired) electrons. The molecule has 8 aromatic carbocycles. The average molecular weight is 1160 g/mol. The first-order valence-corrected chi connectivity index (χ1v) is 24.1. The van der Waals surface area contributed by atoms with Crippen molar-refractivity contribution >= 4 is 117 Å². The molecule has 0 heterocycles. The van der Waals surface area contributed by atoms with E-state index in [2.05, 4.69) is 240 Å². The zero-order valence-corrected chi connectivity index (χ0v) is 41.1. The minimum atomic E-state index is 0.271. The van der Waals surface area contributed by atoms with Crippen LogP contribution in [-0.4, -0.2) is 5.29 Å². The molecule has 0 bridgehead atoms. The van der Waals surface area contributed by atoms with Crippen molar-refractivity contribution in [1.82, 2.24) is 0 Å². The van der Waals surface area contributed by atoms with Crippen LogP contribution in [-0.2, 0) is 0 Å². The zero-order valence-electron chi connectivity index (χ0n) is 31.6. The van der Waals surface area contributed by atoms with Crippen LogP contribution in [0.3, 0.4) is 0 Å². The molecule has 0 aromatic heterocycles. The Morgan fingerprint density at radius 1 is 0.233 bits per heavy atom. The van der Waals surface area contributed by atoms with Gasteiger partial charge in [0.25, 0.3) is 0 Å². The zero-order chi connectivity index (χ0) is 41.8. The van der Waals surface area contributed by atoms with Crippen LogP contribution in [0.4, 0.5) is 0 Å². The number of fused-ring (bicyclic) bond motifs is 6. The van der Waals surface area contributed by atoms with Crippen LogP contribution < -0.4 is 0 Å². The quantitative estimate of drug-likeness (QED) is 0.105.